The third-order valence-electron chi connectivity index (χ3n) is 2.41. The lowest BCUT2D eigenvalue weighted by Crippen LogP contribution is -2.27. The van der Waals surface area contributed by atoms with E-state index >= 15 is 0 Å². The molecular weight excluding hydrogens is 321 g/mol. The number of ether oxygens (including phenoxy) is 1. The molecule has 0 unspecified atom stereocenters. The lowest BCUT2D eigenvalue weighted by molar-refractivity contribution is 0.114. The number of nitrogens with one attached hydrogen (secondary N) is 1. The van der Waals surface area contributed by atoms with Crippen LogP contribution >= 0.6 is 0 Å². The molecule has 21 heavy (non-hydrogen) atoms. The van der Waals surface area contributed by atoms with Gasteiger partial charge in [0.05, 0.1) is 16.4 Å². The molecule has 0 amide bonds. The van der Waals surface area contributed by atoms with Crippen LogP contribution < -0.4 is 4.72 Å². The summed E-state index contributed by atoms with van der Waals surface area (Å²) in [5.74, 6) is 0.358. The summed E-state index contributed by atoms with van der Waals surface area (Å²) in [7, 11) is -8.60. The molecule has 1 aromatic rings. The Morgan fingerprint density at radius 3 is 2.10 bits per heavy atom. The zero-order valence-electron chi connectivity index (χ0n) is 11.7. The van der Waals surface area contributed by atoms with E-state index < -0.39 is 25.1 Å². The van der Waals surface area contributed by atoms with Crippen molar-refractivity contribution in [2.75, 3.05) is 19.8 Å². The highest BCUT2D eigenvalue weighted by Gasteiger charge is 2.16. The molecule has 0 fully saturated rings. The fourth-order valence-electron chi connectivity index (χ4n) is 1.43. The first kappa shape index (κ1) is 18.0. The maximum Gasteiger partial charge on any atom is 0.332 e. The number of rotatable bonds is 8. The van der Waals surface area contributed by atoms with Gasteiger partial charge in [0.15, 0.2) is 0 Å². The van der Waals surface area contributed by atoms with Gasteiger partial charge in [-0.1, -0.05) is 13.8 Å². The van der Waals surface area contributed by atoms with E-state index in [1.165, 1.54) is 0 Å². The highest BCUT2D eigenvalue weighted by atomic mass is 32.3. The van der Waals surface area contributed by atoms with E-state index in [0.29, 0.717) is 12.5 Å². The molecule has 0 aliphatic carbocycles. The summed E-state index contributed by atoms with van der Waals surface area (Å²) in [6.07, 6.45) is 0. The molecule has 6 nitrogen and oxygen atoms in total. The molecule has 120 valence electrons. The fraction of sp³-hybridized carbons (Fsp3) is 0.500. The zero-order valence-corrected chi connectivity index (χ0v) is 13.4. The highest BCUT2D eigenvalue weighted by molar-refractivity contribution is 7.89. The Kier molecular flexibility index (Phi) is 6.26. The molecule has 0 aliphatic rings. The minimum Gasteiger partial charge on any atom is -0.380 e. The maximum atomic E-state index is 12.7. The van der Waals surface area contributed by atoms with Crippen LogP contribution in [0.5, 0.6) is 0 Å². The molecule has 1 rings (SSSR count). The molecule has 0 aromatic heterocycles. The van der Waals surface area contributed by atoms with Crippen LogP contribution in [-0.2, 0) is 25.0 Å². The second-order valence-electron chi connectivity index (χ2n) is 4.78. The van der Waals surface area contributed by atoms with Crippen LogP contribution in [0.3, 0.4) is 0 Å². The maximum absolute atomic E-state index is 12.7. The highest BCUT2D eigenvalue weighted by Crippen LogP contribution is 2.15. The molecule has 0 radical (unpaired) electrons. The Hall–Kier alpha value is -1.03. The van der Waals surface area contributed by atoms with E-state index in [4.69, 9.17) is 4.74 Å². The van der Waals surface area contributed by atoms with Crippen LogP contribution in [0.15, 0.2) is 34.1 Å². The van der Waals surface area contributed by atoms with Crippen molar-refractivity contribution >= 4 is 20.2 Å². The number of benzene rings is 1. The molecule has 1 aromatic carbocycles. The molecule has 0 aliphatic heterocycles. The van der Waals surface area contributed by atoms with E-state index in [0.717, 1.165) is 24.3 Å². The second kappa shape index (κ2) is 7.30. The summed E-state index contributed by atoms with van der Waals surface area (Å²) in [5, 5.41) is 0. The molecule has 0 heterocycles. The Labute approximate surface area is 124 Å². The summed E-state index contributed by atoms with van der Waals surface area (Å²) in [6.45, 7) is 4.81. The first-order chi connectivity index (χ1) is 9.63. The van der Waals surface area contributed by atoms with Crippen molar-refractivity contribution < 1.29 is 25.5 Å². The standard InChI is InChI=1S/C12H18FNO5S2/c1-10(2)9-19-8-7-14-21(17,18)12-5-3-11(4-6-12)20(13,15)16/h3-6,10,14H,7-9H2,1-2H3. The van der Waals surface area contributed by atoms with Crippen molar-refractivity contribution in [1.82, 2.24) is 4.72 Å². The van der Waals surface area contributed by atoms with Crippen molar-refractivity contribution in [2.45, 2.75) is 23.6 Å². The van der Waals surface area contributed by atoms with Gasteiger partial charge in [-0.3, -0.25) is 0 Å². The molecule has 0 saturated heterocycles. The third-order valence-corrected chi connectivity index (χ3v) is 4.72. The smallest absolute Gasteiger partial charge is 0.332 e. The number of hydrogen-bond donors (Lipinski definition) is 1. The first-order valence-corrected chi connectivity index (χ1v) is 9.12. The second-order valence-corrected chi connectivity index (χ2v) is 7.89. The Bertz CT molecular complexity index is 653. The number of hydrogen-bond acceptors (Lipinski definition) is 5. The van der Waals surface area contributed by atoms with Crippen LogP contribution in [0.1, 0.15) is 13.8 Å². The Morgan fingerprint density at radius 1 is 1.10 bits per heavy atom. The van der Waals surface area contributed by atoms with Gasteiger partial charge in [-0.05, 0) is 30.2 Å². The van der Waals surface area contributed by atoms with Crippen molar-refractivity contribution in [3.8, 4) is 0 Å². The van der Waals surface area contributed by atoms with Gasteiger partial charge in [-0.25, -0.2) is 13.1 Å². The predicted octanol–water partition coefficient (Wildman–Crippen LogP) is 1.30. The lowest BCUT2D eigenvalue weighted by Gasteiger charge is -2.09. The van der Waals surface area contributed by atoms with Gasteiger partial charge in [0.25, 0.3) is 0 Å². The molecule has 0 atom stereocenters. The first-order valence-electron chi connectivity index (χ1n) is 6.25. The van der Waals surface area contributed by atoms with E-state index in [1.807, 2.05) is 13.8 Å². The monoisotopic (exact) mass is 339 g/mol. The van der Waals surface area contributed by atoms with Gasteiger partial charge in [-0.15, -0.1) is 3.89 Å². The summed E-state index contributed by atoms with van der Waals surface area (Å²) in [4.78, 5) is -0.722. The van der Waals surface area contributed by atoms with E-state index in [2.05, 4.69) is 4.72 Å². The van der Waals surface area contributed by atoms with Crippen molar-refractivity contribution in [2.24, 2.45) is 5.92 Å². The largest absolute Gasteiger partial charge is 0.380 e. The Balaban J connectivity index is 2.63. The van der Waals surface area contributed by atoms with E-state index in [9.17, 15) is 20.7 Å². The number of sulfonamides is 1. The van der Waals surface area contributed by atoms with Crippen LogP contribution in [0, 0.1) is 5.92 Å². The topological polar surface area (TPSA) is 89.5 Å². The van der Waals surface area contributed by atoms with Crippen molar-refractivity contribution in [1.29, 1.82) is 0 Å². The third kappa shape index (κ3) is 6.08. The quantitative estimate of drug-likeness (QED) is 0.569. The predicted molar refractivity (Wildman–Crippen MR) is 75.6 cm³/mol. The van der Waals surface area contributed by atoms with Gasteiger partial charge >= 0.3 is 10.2 Å². The lowest BCUT2D eigenvalue weighted by atomic mass is 10.2. The van der Waals surface area contributed by atoms with Gasteiger partial charge < -0.3 is 4.74 Å². The summed E-state index contributed by atoms with van der Waals surface area (Å²) >= 11 is 0. The van der Waals surface area contributed by atoms with Gasteiger partial charge in [0.2, 0.25) is 10.0 Å². The van der Waals surface area contributed by atoms with Crippen molar-refractivity contribution in [3.63, 3.8) is 0 Å². The van der Waals surface area contributed by atoms with E-state index in [-0.39, 0.29) is 18.0 Å². The average Bonchev–Trinajstić information content (AvgIpc) is 2.37. The SMILES string of the molecule is CC(C)COCCNS(=O)(=O)c1ccc(S(=O)(=O)F)cc1. The normalized spacial score (nSPS) is 12.8. The van der Waals surface area contributed by atoms with E-state index in [1.54, 1.807) is 0 Å². The molecular formula is C12H18FNO5S2. The van der Waals surface area contributed by atoms with Gasteiger partial charge in [-0.2, -0.15) is 8.42 Å². The molecule has 1 N–H and O–H groups in total. The zero-order chi connectivity index (χ0) is 16.1. The minimum atomic E-state index is -4.83. The van der Waals surface area contributed by atoms with Crippen LogP contribution in [-0.4, -0.2) is 36.6 Å². The average molecular weight is 339 g/mol. The van der Waals surface area contributed by atoms with Crippen LogP contribution in [0.25, 0.3) is 0 Å². The summed E-state index contributed by atoms with van der Waals surface area (Å²) in [6, 6.07) is 3.87. The molecule has 0 spiro atoms. The van der Waals surface area contributed by atoms with Gasteiger partial charge in [0, 0.05) is 13.2 Å². The minimum absolute atomic E-state index is 0.0955. The van der Waals surface area contributed by atoms with Crippen LogP contribution in [0.4, 0.5) is 3.89 Å². The fourth-order valence-corrected chi connectivity index (χ4v) is 2.91. The Morgan fingerprint density at radius 2 is 1.62 bits per heavy atom. The molecule has 0 saturated carbocycles. The molecule has 9 heteroatoms. The van der Waals surface area contributed by atoms with Crippen molar-refractivity contribution in [3.05, 3.63) is 24.3 Å². The molecule has 0 bridgehead atoms. The summed E-state index contributed by atoms with van der Waals surface area (Å²) < 4.78 is 65.3. The van der Waals surface area contributed by atoms with Gasteiger partial charge in [0.1, 0.15) is 0 Å². The van der Waals surface area contributed by atoms with Crippen LogP contribution in [0.2, 0.25) is 0 Å². The number of halogens is 1. The summed E-state index contributed by atoms with van der Waals surface area (Å²) in [5.41, 5.74) is 0.